The minimum absolute atomic E-state index is 0.0235. The molecule has 166 valence electrons. The van der Waals surface area contributed by atoms with E-state index < -0.39 is 24.4 Å². The normalized spacial score (nSPS) is 10.2. The molecule has 0 aliphatic heterocycles. The van der Waals surface area contributed by atoms with Crippen LogP contribution >= 0.6 is 22.6 Å². The molecule has 0 aliphatic carbocycles. The number of anilines is 2. The fourth-order valence-electron chi connectivity index (χ4n) is 2.68. The van der Waals surface area contributed by atoms with Gasteiger partial charge in [0.05, 0.1) is 31.7 Å². The summed E-state index contributed by atoms with van der Waals surface area (Å²) in [4.78, 5) is 37.3. The van der Waals surface area contributed by atoms with E-state index in [4.69, 9.17) is 18.6 Å². The van der Waals surface area contributed by atoms with Crippen molar-refractivity contribution in [3.05, 3.63) is 69.7 Å². The molecule has 32 heavy (non-hydrogen) atoms. The van der Waals surface area contributed by atoms with Crippen molar-refractivity contribution in [2.45, 2.75) is 0 Å². The lowest BCUT2D eigenvalue weighted by Gasteiger charge is -2.15. The van der Waals surface area contributed by atoms with Crippen LogP contribution in [-0.2, 0) is 9.53 Å². The van der Waals surface area contributed by atoms with E-state index in [1.165, 1.54) is 38.7 Å². The first kappa shape index (κ1) is 23.1. The summed E-state index contributed by atoms with van der Waals surface area (Å²) >= 11 is 2.15. The molecule has 3 rings (SSSR count). The molecule has 0 spiro atoms. The second kappa shape index (κ2) is 10.7. The highest BCUT2D eigenvalue weighted by Crippen LogP contribution is 2.34. The average Bonchev–Trinajstić information content (AvgIpc) is 3.34. The van der Waals surface area contributed by atoms with E-state index in [1.54, 1.807) is 18.2 Å². The van der Waals surface area contributed by atoms with Crippen LogP contribution in [0, 0.1) is 3.57 Å². The van der Waals surface area contributed by atoms with Crippen molar-refractivity contribution < 1.29 is 33.0 Å². The first-order valence-corrected chi connectivity index (χ1v) is 10.3. The zero-order chi connectivity index (χ0) is 23.1. The fraction of sp³-hybridized carbons (Fsp3) is 0.136. The highest BCUT2D eigenvalue weighted by Gasteiger charge is 2.21. The number of benzene rings is 2. The molecule has 0 unspecified atom stereocenters. The van der Waals surface area contributed by atoms with Gasteiger partial charge in [-0.25, -0.2) is 4.79 Å². The van der Waals surface area contributed by atoms with Crippen LogP contribution in [0.4, 0.5) is 11.4 Å². The van der Waals surface area contributed by atoms with Crippen molar-refractivity contribution in [1.29, 1.82) is 0 Å². The molecule has 0 fully saturated rings. The van der Waals surface area contributed by atoms with Crippen molar-refractivity contribution in [2.24, 2.45) is 0 Å². The quantitative estimate of drug-likeness (QED) is 0.323. The van der Waals surface area contributed by atoms with Gasteiger partial charge in [0.15, 0.2) is 23.9 Å². The van der Waals surface area contributed by atoms with Gasteiger partial charge in [0.2, 0.25) is 0 Å². The summed E-state index contributed by atoms with van der Waals surface area (Å²) in [5.41, 5.74) is 0.653. The number of hydrogen-bond donors (Lipinski definition) is 2. The maximum Gasteiger partial charge on any atom is 0.340 e. The molecule has 10 heteroatoms. The Morgan fingerprint density at radius 3 is 2.28 bits per heavy atom. The summed E-state index contributed by atoms with van der Waals surface area (Å²) in [5, 5.41) is 5.22. The number of furan rings is 1. The number of rotatable bonds is 8. The largest absolute Gasteiger partial charge is 0.493 e. The molecule has 2 amide bonds. The third-order valence-corrected chi connectivity index (χ3v) is 4.92. The van der Waals surface area contributed by atoms with E-state index in [-0.39, 0.29) is 28.5 Å². The van der Waals surface area contributed by atoms with E-state index in [1.807, 2.05) is 12.1 Å². The number of halogens is 1. The topological polar surface area (TPSA) is 116 Å². The maximum absolute atomic E-state index is 12.7. The first-order valence-electron chi connectivity index (χ1n) is 9.24. The molecule has 1 aromatic heterocycles. The van der Waals surface area contributed by atoms with E-state index in [0.29, 0.717) is 5.69 Å². The SMILES string of the molecule is COc1cc(NC(=O)c2ccco2)c(C(=O)OCC(=O)Nc2ccc(I)cc2)cc1OC. The molecular weight excluding hydrogens is 531 g/mol. The van der Waals surface area contributed by atoms with Crippen molar-refractivity contribution in [2.75, 3.05) is 31.5 Å². The van der Waals surface area contributed by atoms with Crippen LogP contribution in [0.25, 0.3) is 0 Å². The lowest BCUT2D eigenvalue weighted by atomic mass is 10.1. The van der Waals surface area contributed by atoms with Crippen molar-refractivity contribution in [3.63, 3.8) is 0 Å². The number of methoxy groups -OCH3 is 2. The van der Waals surface area contributed by atoms with Gasteiger partial charge in [-0.05, 0) is 59.0 Å². The Morgan fingerprint density at radius 2 is 1.66 bits per heavy atom. The number of hydrogen-bond acceptors (Lipinski definition) is 7. The second-order valence-corrected chi connectivity index (χ2v) is 7.56. The summed E-state index contributed by atoms with van der Waals surface area (Å²) in [5.74, 6) is -1.34. The van der Waals surface area contributed by atoms with Gasteiger partial charge in [0.25, 0.3) is 11.8 Å². The summed E-state index contributed by atoms with van der Waals surface area (Å²) < 4.78 is 21.7. The van der Waals surface area contributed by atoms with Crippen molar-refractivity contribution in [1.82, 2.24) is 0 Å². The predicted molar refractivity (Wildman–Crippen MR) is 124 cm³/mol. The second-order valence-electron chi connectivity index (χ2n) is 6.32. The lowest BCUT2D eigenvalue weighted by molar-refractivity contribution is -0.119. The van der Waals surface area contributed by atoms with Crippen LogP contribution in [0.5, 0.6) is 11.5 Å². The molecule has 0 radical (unpaired) electrons. The van der Waals surface area contributed by atoms with Crippen LogP contribution in [0.15, 0.2) is 59.2 Å². The van der Waals surface area contributed by atoms with Gasteiger partial charge in [-0.2, -0.15) is 0 Å². The summed E-state index contributed by atoms with van der Waals surface area (Å²) in [6.07, 6.45) is 1.35. The molecule has 0 aliphatic rings. The zero-order valence-electron chi connectivity index (χ0n) is 17.1. The van der Waals surface area contributed by atoms with Crippen molar-refractivity contribution >= 4 is 51.7 Å². The van der Waals surface area contributed by atoms with Crippen molar-refractivity contribution in [3.8, 4) is 11.5 Å². The molecule has 0 bridgehead atoms. The van der Waals surface area contributed by atoms with Gasteiger partial charge in [0, 0.05) is 21.4 Å². The zero-order valence-corrected chi connectivity index (χ0v) is 19.3. The number of ether oxygens (including phenoxy) is 3. The summed E-state index contributed by atoms with van der Waals surface area (Å²) in [6, 6.07) is 12.9. The summed E-state index contributed by atoms with van der Waals surface area (Å²) in [7, 11) is 2.82. The molecule has 0 saturated carbocycles. The number of esters is 1. The smallest absolute Gasteiger partial charge is 0.340 e. The molecule has 2 N–H and O–H groups in total. The number of carbonyl (C=O) groups excluding carboxylic acids is 3. The minimum Gasteiger partial charge on any atom is -0.493 e. The van der Waals surface area contributed by atoms with Crippen LogP contribution in [0.3, 0.4) is 0 Å². The van der Waals surface area contributed by atoms with E-state index in [9.17, 15) is 14.4 Å². The molecule has 3 aromatic rings. The third kappa shape index (κ3) is 5.78. The number of carbonyl (C=O) groups is 3. The molecule has 2 aromatic carbocycles. The van der Waals surface area contributed by atoms with Gasteiger partial charge in [-0.3, -0.25) is 9.59 Å². The standard InChI is InChI=1S/C22H19IN2O7/c1-29-18-10-15(16(11-19(18)30-2)25-21(27)17-4-3-9-31-17)22(28)32-12-20(26)24-14-7-5-13(23)6-8-14/h3-11H,12H2,1-2H3,(H,24,26)(H,25,27). The Labute approximate surface area is 197 Å². The highest BCUT2D eigenvalue weighted by atomic mass is 127. The van der Waals surface area contributed by atoms with Crippen LogP contribution in [0.2, 0.25) is 0 Å². The predicted octanol–water partition coefficient (Wildman–Crippen LogP) is 3.95. The summed E-state index contributed by atoms with van der Waals surface area (Å²) in [6.45, 7) is -0.523. The van der Waals surface area contributed by atoms with Crippen LogP contribution in [0.1, 0.15) is 20.9 Å². The van der Waals surface area contributed by atoms with Gasteiger partial charge in [-0.1, -0.05) is 0 Å². The van der Waals surface area contributed by atoms with Gasteiger partial charge < -0.3 is 29.3 Å². The minimum atomic E-state index is -0.835. The van der Waals surface area contributed by atoms with Gasteiger partial charge in [-0.15, -0.1) is 0 Å². The highest BCUT2D eigenvalue weighted by molar-refractivity contribution is 14.1. The van der Waals surface area contributed by atoms with E-state index in [0.717, 1.165) is 3.57 Å². The fourth-order valence-corrected chi connectivity index (χ4v) is 3.04. The Bertz CT molecular complexity index is 1110. The molecular formula is C22H19IN2O7. The monoisotopic (exact) mass is 550 g/mol. The third-order valence-electron chi connectivity index (χ3n) is 4.20. The van der Waals surface area contributed by atoms with E-state index >= 15 is 0 Å². The van der Waals surface area contributed by atoms with Gasteiger partial charge >= 0.3 is 5.97 Å². The van der Waals surface area contributed by atoms with Crippen LogP contribution < -0.4 is 20.1 Å². The molecule has 1 heterocycles. The van der Waals surface area contributed by atoms with Crippen LogP contribution in [-0.4, -0.2) is 38.6 Å². The molecule has 0 atom stereocenters. The molecule has 9 nitrogen and oxygen atoms in total. The Kier molecular flexibility index (Phi) is 7.71. The number of amides is 2. The Balaban J connectivity index is 1.76. The number of nitrogens with one attached hydrogen (secondary N) is 2. The lowest BCUT2D eigenvalue weighted by Crippen LogP contribution is -2.22. The molecule has 0 saturated heterocycles. The van der Waals surface area contributed by atoms with E-state index in [2.05, 4.69) is 33.2 Å². The van der Waals surface area contributed by atoms with Gasteiger partial charge in [0.1, 0.15) is 0 Å². The maximum atomic E-state index is 12.7. The Hall–Kier alpha value is -3.54. The average molecular weight is 550 g/mol. The Morgan fingerprint density at radius 1 is 0.969 bits per heavy atom. The first-order chi connectivity index (χ1) is 15.4.